The fraction of sp³-hybridized carbons (Fsp3) is 0.536. The number of unbranched alkanes of at least 4 members (excludes halogenated alkanes) is 7. The van der Waals surface area contributed by atoms with Gasteiger partial charge in [0, 0.05) is 37.7 Å². The smallest absolute Gasteiger partial charge is 0.338 e. The van der Waals surface area contributed by atoms with Crippen LogP contribution >= 0.6 is 11.6 Å². The topological polar surface area (TPSA) is 73.0 Å². The standard InChI is InChI=1S/C28H39ClN4O3S/c1-2-3-4-5-6-7-8-12-17-33-28(34)32(22-23-13-10-9-11-14-23)26-21-24(29)20-25(27(26)37(33,35)36)31-18-15-30-16-19-31/h9-11,13-14,20-21,30H,2-8,12,15-19,22H2,1H3. The summed E-state index contributed by atoms with van der Waals surface area (Å²) < 4.78 is 29.1. The van der Waals surface area contributed by atoms with E-state index < -0.39 is 16.1 Å². The van der Waals surface area contributed by atoms with E-state index in [4.69, 9.17) is 11.6 Å². The summed E-state index contributed by atoms with van der Waals surface area (Å²) in [4.78, 5) is 17.6. The van der Waals surface area contributed by atoms with Gasteiger partial charge in [0.15, 0.2) is 0 Å². The molecule has 2 aliphatic heterocycles. The largest absolute Gasteiger partial charge is 0.368 e. The first-order chi connectivity index (χ1) is 17.9. The molecule has 7 nitrogen and oxygen atoms in total. The van der Waals surface area contributed by atoms with Gasteiger partial charge >= 0.3 is 6.03 Å². The van der Waals surface area contributed by atoms with Gasteiger partial charge in [-0.1, -0.05) is 93.8 Å². The summed E-state index contributed by atoms with van der Waals surface area (Å²) in [5.41, 5.74) is 1.87. The minimum Gasteiger partial charge on any atom is -0.368 e. The third kappa shape index (κ3) is 6.59. The maximum Gasteiger partial charge on any atom is 0.338 e. The molecule has 4 rings (SSSR count). The molecule has 9 heteroatoms. The zero-order valence-electron chi connectivity index (χ0n) is 21.8. The molecule has 37 heavy (non-hydrogen) atoms. The van der Waals surface area contributed by atoms with Gasteiger partial charge in [-0.25, -0.2) is 17.5 Å². The Balaban J connectivity index is 1.63. The van der Waals surface area contributed by atoms with Crippen molar-refractivity contribution < 1.29 is 13.2 Å². The van der Waals surface area contributed by atoms with Gasteiger partial charge in [0.1, 0.15) is 4.90 Å². The average Bonchev–Trinajstić information content (AvgIpc) is 2.90. The minimum atomic E-state index is -4.04. The highest BCUT2D eigenvalue weighted by Crippen LogP contribution is 2.43. The summed E-state index contributed by atoms with van der Waals surface area (Å²) in [7, 11) is -4.04. The van der Waals surface area contributed by atoms with E-state index in [2.05, 4.69) is 17.1 Å². The highest BCUT2D eigenvalue weighted by Gasteiger charge is 2.44. The number of anilines is 2. The fourth-order valence-corrected chi connectivity index (χ4v) is 7.13. The number of hydrogen-bond donors (Lipinski definition) is 1. The Morgan fingerprint density at radius 2 is 1.51 bits per heavy atom. The Kier molecular flexibility index (Phi) is 9.73. The first-order valence-electron chi connectivity index (χ1n) is 13.6. The van der Waals surface area contributed by atoms with Gasteiger partial charge < -0.3 is 10.2 Å². The number of benzene rings is 2. The van der Waals surface area contributed by atoms with Crippen LogP contribution in [-0.2, 0) is 16.6 Å². The van der Waals surface area contributed by atoms with Gasteiger partial charge in [-0.05, 0) is 24.1 Å². The van der Waals surface area contributed by atoms with Crippen LogP contribution in [0.1, 0.15) is 63.9 Å². The number of halogens is 1. The average molecular weight is 547 g/mol. The van der Waals surface area contributed by atoms with Gasteiger partial charge in [-0.3, -0.25) is 4.90 Å². The first kappa shape index (κ1) is 27.7. The number of carbonyl (C=O) groups is 1. The summed E-state index contributed by atoms with van der Waals surface area (Å²) >= 11 is 6.52. The maximum atomic E-state index is 14.0. The zero-order chi connectivity index (χ0) is 26.3. The lowest BCUT2D eigenvalue weighted by Gasteiger charge is -2.39. The molecular weight excluding hydrogens is 508 g/mol. The van der Waals surface area contributed by atoms with Crippen LogP contribution < -0.4 is 15.1 Å². The molecule has 1 N–H and O–H groups in total. The van der Waals surface area contributed by atoms with Crippen molar-refractivity contribution in [3.63, 3.8) is 0 Å². The number of urea groups is 1. The molecule has 0 bridgehead atoms. The number of rotatable bonds is 12. The summed E-state index contributed by atoms with van der Waals surface area (Å²) in [5, 5.41) is 3.74. The van der Waals surface area contributed by atoms with Gasteiger partial charge in [-0.15, -0.1) is 0 Å². The number of sulfonamides is 1. The Morgan fingerprint density at radius 3 is 2.19 bits per heavy atom. The molecule has 0 radical (unpaired) electrons. The predicted octanol–water partition coefficient (Wildman–Crippen LogP) is 6.02. The molecule has 2 aromatic carbocycles. The summed E-state index contributed by atoms with van der Waals surface area (Å²) in [6.45, 7) is 5.53. The van der Waals surface area contributed by atoms with Crippen molar-refractivity contribution in [2.45, 2.75) is 69.7 Å². The molecule has 2 heterocycles. The Morgan fingerprint density at radius 1 is 0.892 bits per heavy atom. The van der Waals surface area contributed by atoms with E-state index in [0.29, 0.717) is 35.9 Å². The minimum absolute atomic E-state index is 0.185. The van der Waals surface area contributed by atoms with E-state index in [1.54, 1.807) is 17.0 Å². The van der Waals surface area contributed by atoms with Crippen molar-refractivity contribution in [2.75, 3.05) is 42.5 Å². The lowest BCUT2D eigenvalue weighted by Crippen LogP contribution is -2.52. The van der Waals surface area contributed by atoms with Crippen molar-refractivity contribution >= 4 is 39.0 Å². The SMILES string of the molecule is CCCCCCCCCCN1C(=O)N(Cc2ccccc2)c2cc(Cl)cc(N3CCNCC3)c2S1(=O)=O. The fourth-order valence-electron chi connectivity index (χ4n) is 5.15. The molecule has 2 amide bonds. The van der Waals surface area contributed by atoms with Crippen LogP contribution in [0.3, 0.4) is 0 Å². The molecule has 2 aromatic rings. The van der Waals surface area contributed by atoms with Crippen LogP contribution in [0.25, 0.3) is 0 Å². The van der Waals surface area contributed by atoms with Crippen LogP contribution in [0.15, 0.2) is 47.4 Å². The van der Waals surface area contributed by atoms with Crippen LogP contribution in [0.5, 0.6) is 0 Å². The van der Waals surface area contributed by atoms with E-state index in [1.165, 1.54) is 25.7 Å². The van der Waals surface area contributed by atoms with Crippen LogP contribution in [0.4, 0.5) is 16.2 Å². The van der Waals surface area contributed by atoms with Crippen LogP contribution in [-0.4, -0.2) is 51.5 Å². The predicted molar refractivity (Wildman–Crippen MR) is 151 cm³/mol. The molecular formula is C28H39ClN4O3S. The molecule has 0 aliphatic carbocycles. The van der Waals surface area contributed by atoms with E-state index in [-0.39, 0.29) is 18.0 Å². The Bertz CT molecular complexity index is 1150. The van der Waals surface area contributed by atoms with Crippen molar-refractivity contribution in [3.05, 3.63) is 53.1 Å². The van der Waals surface area contributed by atoms with Crippen LogP contribution in [0.2, 0.25) is 5.02 Å². The van der Waals surface area contributed by atoms with Crippen molar-refractivity contribution in [2.24, 2.45) is 0 Å². The highest BCUT2D eigenvalue weighted by atomic mass is 35.5. The molecule has 0 saturated carbocycles. The summed E-state index contributed by atoms with van der Waals surface area (Å²) in [6.07, 6.45) is 8.70. The van der Waals surface area contributed by atoms with Gasteiger partial charge in [-0.2, -0.15) is 0 Å². The molecule has 0 spiro atoms. The van der Waals surface area contributed by atoms with Crippen molar-refractivity contribution in [3.8, 4) is 0 Å². The second kappa shape index (κ2) is 13.0. The first-order valence-corrected chi connectivity index (χ1v) is 15.4. The van der Waals surface area contributed by atoms with Gasteiger partial charge in [0.2, 0.25) is 0 Å². The molecule has 1 fully saturated rings. The molecule has 202 valence electrons. The van der Waals surface area contributed by atoms with Crippen molar-refractivity contribution in [1.29, 1.82) is 0 Å². The van der Waals surface area contributed by atoms with Gasteiger partial charge in [0.25, 0.3) is 10.0 Å². The Labute approximate surface area is 226 Å². The lowest BCUT2D eigenvalue weighted by atomic mass is 10.1. The van der Waals surface area contributed by atoms with Crippen LogP contribution in [0, 0.1) is 0 Å². The van der Waals surface area contributed by atoms with E-state index in [0.717, 1.165) is 42.2 Å². The summed E-state index contributed by atoms with van der Waals surface area (Å²) in [6, 6.07) is 12.5. The van der Waals surface area contributed by atoms with E-state index in [9.17, 15) is 13.2 Å². The lowest BCUT2D eigenvalue weighted by molar-refractivity contribution is 0.226. The van der Waals surface area contributed by atoms with E-state index >= 15 is 0 Å². The monoisotopic (exact) mass is 546 g/mol. The molecule has 1 saturated heterocycles. The molecule has 2 aliphatic rings. The molecule has 0 atom stereocenters. The number of nitrogens with zero attached hydrogens (tertiary/aromatic N) is 3. The number of hydrogen-bond acceptors (Lipinski definition) is 5. The van der Waals surface area contributed by atoms with Crippen molar-refractivity contribution in [1.82, 2.24) is 9.62 Å². The maximum absolute atomic E-state index is 14.0. The normalized spacial score (nSPS) is 17.2. The van der Waals surface area contributed by atoms with E-state index in [1.807, 2.05) is 30.3 Å². The summed E-state index contributed by atoms with van der Waals surface area (Å²) in [5.74, 6) is 0. The second-order valence-corrected chi connectivity index (χ2v) is 12.2. The zero-order valence-corrected chi connectivity index (χ0v) is 23.4. The number of carbonyl (C=O) groups excluding carboxylic acids is 1. The Hall–Kier alpha value is -2.29. The number of fused-ring (bicyclic) bond motifs is 1. The number of piperazine rings is 1. The number of amides is 2. The highest BCUT2D eigenvalue weighted by molar-refractivity contribution is 7.90. The quantitative estimate of drug-likeness (QED) is 0.329. The third-order valence-electron chi connectivity index (χ3n) is 7.15. The molecule has 0 unspecified atom stereocenters. The number of nitrogens with one attached hydrogen (secondary N) is 1. The molecule has 0 aromatic heterocycles. The second-order valence-electron chi connectivity index (χ2n) is 9.92. The third-order valence-corrected chi connectivity index (χ3v) is 9.23. The van der Waals surface area contributed by atoms with Gasteiger partial charge in [0.05, 0.1) is 17.9 Å².